The van der Waals surface area contributed by atoms with Crippen molar-refractivity contribution in [3.8, 4) is 0 Å². The SMILES string of the molecule is CCS(=O)(=O)c1ncc(CN(C)C)n1CCCc1ccccc1. The smallest absolute Gasteiger partial charge is 0.227 e. The molecule has 0 aliphatic rings. The lowest BCUT2D eigenvalue weighted by Crippen LogP contribution is -2.18. The summed E-state index contributed by atoms with van der Waals surface area (Å²) in [5, 5.41) is 0.199. The number of aryl methyl sites for hydroxylation is 1. The first-order valence-electron chi connectivity index (χ1n) is 7.90. The Morgan fingerprint density at radius 2 is 1.87 bits per heavy atom. The zero-order valence-electron chi connectivity index (χ0n) is 14.1. The average Bonchev–Trinajstić information content (AvgIpc) is 2.91. The van der Waals surface area contributed by atoms with Gasteiger partial charge in [-0.3, -0.25) is 0 Å². The Balaban J connectivity index is 2.18. The minimum Gasteiger partial charge on any atom is -0.318 e. The predicted molar refractivity (Wildman–Crippen MR) is 92.1 cm³/mol. The molecule has 0 bridgehead atoms. The molecular formula is C17H25N3O2S. The molecule has 1 aromatic carbocycles. The summed E-state index contributed by atoms with van der Waals surface area (Å²) in [6.45, 7) is 2.99. The Kier molecular flexibility index (Phi) is 5.96. The maximum absolute atomic E-state index is 12.3. The number of hydrogen-bond acceptors (Lipinski definition) is 4. The van der Waals surface area contributed by atoms with Crippen LogP contribution in [0.3, 0.4) is 0 Å². The molecule has 0 spiro atoms. The maximum Gasteiger partial charge on any atom is 0.227 e. The van der Waals surface area contributed by atoms with Crippen LogP contribution >= 0.6 is 0 Å². The first-order chi connectivity index (χ1) is 10.9. The van der Waals surface area contributed by atoms with Gasteiger partial charge in [0.2, 0.25) is 15.0 Å². The van der Waals surface area contributed by atoms with Gasteiger partial charge in [0.05, 0.1) is 17.6 Å². The normalized spacial score (nSPS) is 12.0. The monoisotopic (exact) mass is 335 g/mol. The zero-order valence-corrected chi connectivity index (χ0v) is 14.9. The fourth-order valence-electron chi connectivity index (χ4n) is 2.54. The van der Waals surface area contributed by atoms with Gasteiger partial charge < -0.3 is 9.47 Å². The van der Waals surface area contributed by atoms with Gasteiger partial charge in [-0.25, -0.2) is 13.4 Å². The van der Waals surface area contributed by atoms with Crippen LogP contribution in [0.4, 0.5) is 0 Å². The Bertz CT molecular complexity index is 722. The van der Waals surface area contributed by atoms with E-state index in [0.717, 1.165) is 18.5 Å². The Morgan fingerprint density at radius 3 is 2.48 bits per heavy atom. The van der Waals surface area contributed by atoms with Gasteiger partial charge in [0.25, 0.3) is 0 Å². The summed E-state index contributed by atoms with van der Waals surface area (Å²) in [7, 11) is 0.630. The van der Waals surface area contributed by atoms with Crippen LogP contribution in [0.2, 0.25) is 0 Å². The number of hydrogen-bond donors (Lipinski definition) is 0. The molecule has 0 fully saturated rings. The highest BCUT2D eigenvalue weighted by atomic mass is 32.2. The van der Waals surface area contributed by atoms with E-state index in [1.165, 1.54) is 5.56 Å². The van der Waals surface area contributed by atoms with Crippen LogP contribution in [0.1, 0.15) is 24.6 Å². The lowest BCUT2D eigenvalue weighted by Gasteiger charge is -2.15. The third-order valence-electron chi connectivity index (χ3n) is 3.73. The van der Waals surface area contributed by atoms with E-state index in [9.17, 15) is 8.42 Å². The highest BCUT2D eigenvalue weighted by Gasteiger charge is 2.21. The van der Waals surface area contributed by atoms with Crippen LogP contribution in [-0.4, -0.2) is 42.7 Å². The van der Waals surface area contributed by atoms with Gasteiger partial charge in [-0.2, -0.15) is 0 Å². The van der Waals surface area contributed by atoms with Gasteiger partial charge in [-0.1, -0.05) is 37.3 Å². The maximum atomic E-state index is 12.3. The van der Waals surface area contributed by atoms with E-state index < -0.39 is 9.84 Å². The van der Waals surface area contributed by atoms with Crippen LogP contribution in [-0.2, 0) is 29.3 Å². The van der Waals surface area contributed by atoms with E-state index in [1.54, 1.807) is 13.1 Å². The fraction of sp³-hybridized carbons (Fsp3) is 0.471. The molecule has 0 aliphatic heterocycles. The van der Waals surface area contributed by atoms with Crippen LogP contribution in [0.15, 0.2) is 41.7 Å². The minimum absolute atomic E-state index is 0.0735. The highest BCUT2D eigenvalue weighted by molar-refractivity contribution is 7.91. The summed E-state index contributed by atoms with van der Waals surface area (Å²) >= 11 is 0. The van der Waals surface area contributed by atoms with Crippen LogP contribution in [0.25, 0.3) is 0 Å². The van der Waals surface area contributed by atoms with Crippen molar-refractivity contribution in [2.45, 2.75) is 38.0 Å². The zero-order chi connectivity index (χ0) is 16.9. The molecule has 0 saturated heterocycles. The fourth-order valence-corrected chi connectivity index (χ4v) is 3.56. The second kappa shape index (κ2) is 7.75. The topological polar surface area (TPSA) is 55.2 Å². The van der Waals surface area contributed by atoms with Crippen molar-refractivity contribution in [3.05, 3.63) is 47.8 Å². The van der Waals surface area contributed by atoms with E-state index in [2.05, 4.69) is 17.1 Å². The summed E-state index contributed by atoms with van der Waals surface area (Å²) in [5.41, 5.74) is 2.21. The van der Waals surface area contributed by atoms with Crippen LogP contribution in [0.5, 0.6) is 0 Å². The molecule has 0 aliphatic carbocycles. The van der Waals surface area contributed by atoms with Crippen LogP contribution < -0.4 is 0 Å². The molecule has 126 valence electrons. The molecule has 2 aromatic rings. The minimum atomic E-state index is -3.31. The molecule has 0 atom stereocenters. The number of rotatable bonds is 8. The Morgan fingerprint density at radius 1 is 1.17 bits per heavy atom. The molecular weight excluding hydrogens is 310 g/mol. The second-order valence-electron chi connectivity index (χ2n) is 5.91. The third-order valence-corrected chi connectivity index (χ3v) is 5.37. The van der Waals surface area contributed by atoms with Gasteiger partial charge in [0.15, 0.2) is 0 Å². The molecule has 6 heteroatoms. The molecule has 5 nitrogen and oxygen atoms in total. The van der Waals surface area contributed by atoms with E-state index >= 15 is 0 Å². The number of benzene rings is 1. The van der Waals surface area contributed by atoms with Crippen molar-refractivity contribution in [2.75, 3.05) is 19.8 Å². The molecule has 0 saturated carbocycles. The lowest BCUT2D eigenvalue weighted by atomic mass is 10.1. The highest BCUT2D eigenvalue weighted by Crippen LogP contribution is 2.16. The molecule has 1 heterocycles. The Hall–Kier alpha value is -1.66. The van der Waals surface area contributed by atoms with E-state index in [-0.39, 0.29) is 10.9 Å². The number of sulfone groups is 1. The van der Waals surface area contributed by atoms with Gasteiger partial charge in [0.1, 0.15) is 0 Å². The molecule has 23 heavy (non-hydrogen) atoms. The van der Waals surface area contributed by atoms with Crippen molar-refractivity contribution in [1.82, 2.24) is 14.5 Å². The molecule has 1 aromatic heterocycles. The van der Waals surface area contributed by atoms with Crippen molar-refractivity contribution in [2.24, 2.45) is 0 Å². The van der Waals surface area contributed by atoms with E-state index in [1.807, 2.05) is 41.8 Å². The molecule has 2 rings (SSSR count). The van der Waals surface area contributed by atoms with Gasteiger partial charge in [0, 0.05) is 13.1 Å². The van der Waals surface area contributed by atoms with Gasteiger partial charge in [-0.05, 0) is 32.5 Å². The van der Waals surface area contributed by atoms with E-state index in [0.29, 0.717) is 13.1 Å². The molecule has 0 amide bonds. The predicted octanol–water partition coefficient (Wildman–Crippen LogP) is 2.37. The number of aromatic nitrogens is 2. The molecule has 0 N–H and O–H groups in total. The first-order valence-corrected chi connectivity index (χ1v) is 9.55. The van der Waals surface area contributed by atoms with E-state index in [4.69, 9.17) is 0 Å². The van der Waals surface area contributed by atoms with Crippen molar-refractivity contribution in [1.29, 1.82) is 0 Å². The summed E-state index contributed by atoms with van der Waals surface area (Å²) < 4.78 is 26.4. The number of imidazole rings is 1. The summed E-state index contributed by atoms with van der Waals surface area (Å²) in [6, 6.07) is 10.2. The summed E-state index contributed by atoms with van der Waals surface area (Å²) in [4.78, 5) is 6.21. The average molecular weight is 335 g/mol. The van der Waals surface area contributed by atoms with Crippen molar-refractivity contribution >= 4 is 9.84 Å². The largest absolute Gasteiger partial charge is 0.318 e. The standard InChI is InChI=1S/C17H25N3O2S/c1-4-23(21,22)17-18-13-16(14-19(2)3)20(17)12-8-11-15-9-6-5-7-10-15/h5-7,9-10,13H,4,8,11-12,14H2,1-3H3. The van der Waals surface area contributed by atoms with Gasteiger partial charge in [-0.15, -0.1) is 0 Å². The third kappa shape index (κ3) is 4.65. The van der Waals surface area contributed by atoms with Crippen molar-refractivity contribution < 1.29 is 8.42 Å². The van der Waals surface area contributed by atoms with Gasteiger partial charge >= 0.3 is 0 Å². The quantitative estimate of drug-likeness (QED) is 0.743. The summed E-state index contributed by atoms with van der Waals surface area (Å²) in [5.74, 6) is 0.0735. The lowest BCUT2D eigenvalue weighted by molar-refractivity contribution is 0.381. The summed E-state index contributed by atoms with van der Waals surface area (Å²) in [6.07, 6.45) is 3.49. The first kappa shape index (κ1) is 17.7. The Labute approximate surface area is 138 Å². The second-order valence-corrected chi connectivity index (χ2v) is 8.09. The van der Waals surface area contributed by atoms with Crippen LogP contribution in [0, 0.1) is 0 Å². The molecule has 0 unspecified atom stereocenters. The van der Waals surface area contributed by atoms with Crippen molar-refractivity contribution in [3.63, 3.8) is 0 Å². The number of nitrogens with zero attached hydrogens (tertiary/aromatic N) is 3. The molecule has 0 radical (unpaired) electrons.